The van der Waals surface area contributed by atoms with Crippen molar-refractivity contribution in [1.29, 1.82) is 0 Å². The highest BCUT2D eigenvalue weighted by atomic mass is 32.1. The fourth-order valence-electron chi connectivity index (χ4n) is 1.77. The summed E-state index contributed by atoms with van der Waals surface area (Å²) in [7, 11) is 0. The number of ether oxygens (including phenoxy) is 1. The van der Waals surface area contributed by atoms with Gasteiger partial charge in [-0.1, -0.05) is 19.9 Å². The Labute approximate surface area is 111 Å². The third-order valence-electron chi connectivity index (χ3n) is 2.57. The summed E-state index contributed by atoms with van der Waals surface area (Å²) < 4.78 is 6.84. The number of rotatable bonds is 6. The first-order chi connectivity index (χ1) is 8.70. The van der Waals surface area contributed by atoms with E-state index in [4.69, 9.17) is 9.84 Å². The van der Waals surface area contributed by atoms with Crippen LogP contribution in [0, 0.1) is 5.92 Å². The van der Waals surface area contributed by atoms with Gasteiger partial charge in [0.1, 0.15) is 11.3 Å². The Morgan fingerprint density at radius 3 is 2.94 bits per heavy atom. The Morgan fingerprint density at radius 2 is 2.22 bits per heavy atom. The van der Waals surface area contributed by atoms with Crippen molar-refractivity contribution < 1.29 is 9.84 Å². The zero-order valence-corrected chi connectivity index (χ0v) is 11.7. The highest BCUT2D eigenvalue weighted by molar-refractivity contribution is 7.18. The Hall–Kier alpha value is -1.13. The van der Waals surface area contributed by atoms with Crippen molar-refractivity contribution in [3.8, 4) is 5.75 Å². The second kappa shape index (κ2) is 6.16. The van der Waals surface area contributed by atoms with Gasteiger partial charge in [-0.25, -0.2) is 4.98 Å². The number of benzene rings is 1. The van der Waals surface area contributed by atoms with E-state index in [1.54, 1.807) is 11.3 Å². The highest BCUT2D eigenvalue weighted by Gasteiger charge is 2.09. The number of aliphatic hydroxyl groups excluding tert-OH is 1. The van der Waals surface area contributed by atoms with E-state index in [2.05, 4.69) is 24.9 Å². The Kier molecular flexibility index (Phi) is 4.55. The molecule has 0 saturated carbocycles. The summed E-state index contributed by atoms with van der Waals surface area (Å²) in [5, 5.41) is 9.93. The molecule has 0 fully saturated rings. The lowest BCUT2D eigenvalue weighted by atomic mass is 10.1. The first-order valence-corrected chi connectivity index (χ1v) is 7.14. The van der Waals surface area contributed by atoms with E-state index < -0.39 is 0 Å². The van der Waals surface area contributed by atoms with Crippen molar-refractivity contribution in [2.45, 2.75) is 26.7 Å². The minimum absolute atomic E-state index is 0.158. The van der Waals surface area contributed by atoms with Crippen molar-refractivity contribution >= 4 is 21.6 Å². The molecule has 4 heteroatoms. The molecule has 2 rings (SSSR count). The normalized spacial score (nSPS) is 11.3. The number of aliphatic hydroxyl groups is 1. The Morgan fingerprint density at radius 1 is 1.39 bits per heavy atom. The van der Waals surface area contributed by atoms with Crippen LogP contribution < -0.4 is 4.74 Å². The van der Waals surface area contributed by atoms with Gasteiger partial charge in [0, 0.05) is 19.4 Å². The monoisotopic (exact) mass is 265 g/mol. The molecule has 0 bridgehead atoms. The molecule has 0 aliphatic carbocycles. The maximum absolute atomic E-state index is 8.77. The van der Waals surface area contributed by atoms with Crippen molar-refractivity contribution in [1.82, 2.24) is 4.98 Å². The van der Waals surface area contributed by atoms with E-state index in [9.17, 15) is 0 Å². The third-order valence-corrected chi connectivity index (χ3v) is 3.61. The SMILES string of the molecule is CC(C)Cc1nc2c(OCCCO)cccc2s1. The van der Waals surface area contributed by atoms with Gasteiger partial charge in [-0.05, 0) is 18.1 Å². The standard InChI is InChI=1S/C14H19NO2S/c1-10(2)9-13-15-14-11(17-8-4-7-16)5-3-6-12(14)18-13/h3,5-6,10,16H,4,7-9H2,1-2H3. The molecule has 0 saturated heterocycles. The summed E-state index contributed by atoms with van der Waals surface area (Å²) in [6.45, 7) is 5.09. The van der Waals surface area contributed by atoms with Crippen molar-refractivity contribution in [2.24, 2.45) is 5.92 Å². The van der Waals surface area contributed by atoms with Crippen molar-refractivity contribution in [3.05, 3.63) is 23.2 Å². The van der Waals surface area contributed by atoms with E-state index in [1.165, 1.54) is 9.71 Å². The minimum Gasteiger partial charge on any atom is -0.491 e. The van der Waals surface area contributed by atoms with Gasteiger partial charge in [0.05, 0.1) is 16.3 Å². The molecule has 18 heavy (non-hydrogen) atoms. The lowest BCUT2D eigenvalue weighted by Gasteiger charge is -2.04. The molecule has 1 aromatic carbocycles. The molecule has 0 aliphatic rings. The average molecular weight is 265 g/mol. The summed E-state index contributed by atoms with van der Waals surface area (Å²) in [6.07, 6.45) is 1.66. The Balaban J connectivity index is 2.22. The van der Waals surface area contributed by atoms with Gasteiger partial charge < -0.3 is 9.84 Å². The quantitative estimate of drug-likeness (QED) is 0.815. The first kappa shape index (κ1) is 13.3. The molecule has 3 nitrogen and oxygen atoms in total. The Bertz CT molecular complexity index is 507. The van der Waals surface area contributed by atoms with E-state index in [0.717, 1.165) is 17.7 Å². The molecule has 1 aromatic heterocycles. The van der Waals surface area contributed by atoms with Gasteiger partial charge in [-0.3, -0.25) is 0 Å². The minimum atomic E-state index is 0.158. The van der Waals surface area contributed by atoms with Crippen LogP contribution in [-0.2, 0) is 6.42 Å². The molecule has 0 atom stereocenters. The van der Waals surface area contributed by atoms with E-state index in [1.807, 2.05) is 12.1 Å². The number of hydrogen-bond acceptors (Lipinski definition) is 4. The predicted octanol–water partition coefficient (Wildman–Crippen LogP) is 3.26. The van der Waals surface area contributed by atoms with Gasteiger partial charge in [-0.15, -0.1) is 11.3 Å². The van der Waals surface area contributed by atoms with Crippen LogP contribution in [0.15, 0.2) is 18.2 Å². The van der Waals surface area contributed by atoms with Crippen LogP contribution in [0.4, 0.5) is 0 Å². The summed E-state index contributed by atoms with van der Waals surface area (Å²) in [5.41, 5.74) is 0.955. The second-order valence-corrected chi connectivity index (χ2v) is 5.85. The van der Waals surface area contributed by atoms with Crippen LogP contribution in [-0.4, -0.2) is 23.3 Å². The number of fused-ring (bicyclic) bond motifs is 1. The van der Waals surface area contributed by atoms with Gasteiger partial charge in [0.15, 0.2) is 0 Å². The van der Waals surface area contributed by atoms with Crippen LogP contribution >= 0.6 is 11.3 Å². The predicted molar refractivity (Wildman–Crippen MR) is 75.4 cm³/mol. The molecular weight excluding hydrogens is 246 g/mol. The highest BCUT2D eigenvalue weighted by Crippen LogP contribution is 2.30. The maximum Gasteiger partial charge on any atom is 0.146 e. The molecule has 0 radical (unpaired) electrons. The molecule has 0 spiro atoms. The molecule has 0 unspecified atom stereocenters. The maximum atomic E-state index is 8.77. The number of nitrogens with zero attached hydrogens (tertiary/aromatic N) is 1. The van der Waals surface area contributed by atoms with Gasteiger partial charge in [-0.2, -0.15) is 0 Å². The lowest BCUT2D eigenvalue weighted by Crippen LogP contribution is -2.00. The van der Waals surface area contributed by atoms with Crippen LogP contribution in [0.5, 0.6) is 5.75 Å². The number of aromatic nitrogens is 1. The summed E-state index contributed by atoms with van der Waals surface area (Å²) >= 11 is 1.74. The molecule has 1 N–H and O–H groups in total. The van der Waals surface area contributed by atoms with Crippen LogP contribution in [0.3, 0.4) is 0 Å². The van der Waals surface area contributed by atoms with Crippen molar-refractivity contribution in [3.63, 3.8) is 0 Å². The lowest BCUT2D eigenvalue weighted by molar-refractivity contribution is 0.234. The van der Waals surface area contributed by atoms with E-state index in [-0.39, 0.29) is 6.61 Å². The molecule has 98 valence electrons. The zero-order valence-electron chi connectivity index (χ0n) is 10.8. The average Bonchev–Trinajstić information content (AvgIpc) is 2.71. The topological polar surface area (TPSA) is 42.4 Å². The summed E-state index contributed by atoms with van der Waals surface area (Å²) in [4.78, 5) is 4.66. The molecule has 1 heterocycles. The second-order valence-electron chi connectivity index (χ2n) is 4.73. The van der Waals surface area contributed by atoms with Gasteiger partial charge in [0.25, 0.3) is 0 Å². The van der Waals surface area contributed by atoms with Gasteiger partial charge in [0.2, 0.25) is 0 Å². The van der Waals surface area contributed by atoms with Crippen LogP contribution in [0.2, 0.25) is 0 Å². The number of thiazole rings is 1. The van der Waals surface area contributed by atoms with Gasteiger partial charge >= 0.3 is 0 Å². The molecule has 0 amide bonds. The van der Waals surface area contributed by atoms with Crippen LogP contribution in [0.1, 0.15) is 25.3 Å². The van der Waals surface area contributed by atoms with Crippen LogP contribution in [0.25, 0.3) is 10.2 Å². The fraction of sp³-hybridized carbons (Fsp3) is 0.500. The number of hydrogen-bond donors (Lipinski definition) is 1. The van der Waals surface area contributed by atoms with Crippen molar-refractivity contribution in [2.75, 3.05) is 13.2 Å². The van der Waals surface area contributed by atoms with E-state index in [0.29, 0.717) is 18.9 Å². The molecular formula is C14H19NO2S. The largest absolute Gasteiger partial charge is 0.491 e. The first-order valence-electron chi connectivity index (χ1n) is 6.33. The summed E-state index contributed by atoms with van der Waals surface area (Å²) in [5.74, 6) is 1.44. The summed E-state index contributed by atoms with van der Waals surface area (Å²) in [6, 6.07) is 6.02. The number of para-hydroxylation sites is 1. The third kappa shape index (κ3) is 3.21. The molecule has 2 aromatic rings. The molecule has 0 aliphatic heterocycles. The fourth-order valence-corrected chi connectivity index (χ4v) is 2.97. The smallest absolute Gasteiger partial charge is 0.146 e. The zero-order chi connectivity index (χ0) is 13.0. The van der Waals surface area contributed by atoms with E-state index >= 15 is 0 Å².